The molecule has 1 saturated heterocycles. The summed E-state index contributed by atoms with van der Waals surface area (Å²) < 4.78 is 12.9. The largest absolute Gasteiger partial charge is 0.347 e. The van der Waals surface area contributed by atoms with E-state index in [1.54, 1.807) is 17.3 Å². The van der Waals surface area contributed by atoms with Gasteiger partial charge >= 0.3 is 0 Å². The molecule has 22 heavy (non-hydrogen) atoms. The highest BCUT2D eigenvalue weighted by Crippen LogP contribution is 2.23. The Balaban J connectivity index is 1.78. The van der Waals surface area contributed by atoms with Crippen molar-refractivity contribution in [2.24, 2.45) is 0 Å². The van der Waals surface area contributed by atoms with Crippen LogP contribution >= 0.6 is 0 Å². The molecule has 3 heterocycles. The van der Waals surface area contributed by atoms with Crippen LogP contribution in [0.1, 0.15) is 29.3 Å². The Morgan fingerprint density at radius 1 is 1.41 bits per heavy atom. The number of piperazine rings is 1. The van der Waals surface area contributed by atoms with Gasteiger partial charge in [0.25, 0.3) is 5.91 Å². The van der Waals surface area contributed by atoms with Crippen molar-refractivity contribution in [3.63, 3.8) is 0 Å². The van der Waals surface area contributed by atoms with Gasteiger partial charge in [0.2, 0.25) is 0 Å². The van der Waals surface area contributed by atoms with Crippen molar-refractivity contribution in [2.45, 2.75) is 13.0 Å². The number of aromatic amines is 1. The first-order valence-corrected chi connectivity index (χ1v) is 7.33. The summed E-state index contributed by atoms with van der Waals surface area (Å²) in [7, 11) is 0. The van der Waals surface area contributed by atoms with Crippen LogP contribution in [0.4, 0.5) is 4.39 Å². The highest BCUT2D eigenvalue weighted by Gasteiger charge is 2.31. The molecule has 7 heteroatoms. The van der Waals surface area contributed by atoms with Gasteiger partial charge in [-0.05, 0) is 18.7 Å². The van der Waals surface area contributed by atoms with E-state index in [0.29, 0.717) is 13.1 Å². The summed E-state index contributed by atoms with van der Waals surface area (Å²) in [5, 5.41) is 0. The molecule has 1 amide bonds. The standard InChI is InChI=1S/C15H18FN5O/c1-2-20-7-8-21(10-13(20)14-17-5-6-18-14)15(22)12-4-3-11(16)9-19-12/h3-6,9,13H,2,7-8,10H2,1H3,(H,17,18). The molecule has 1 unspecified atom stereocenters. The third-order valence-corrected chi connectivity index (χ3v) is 3.97. The van der Waals surface area contributed by atoms with Crippen LogP contribution in [0.2, 0.25) is 0 Å². The monoisotopic (exact) mass is 303 g/mol. The van der Waals surface area contributed by atoms with Gasteiger partial charge in [0.1, 0.15) is 17.3 Å². The van der Waals surface area contributed by atoms with Gasteiger partial charge in [0, 0.05) is 32.0 Å². The molecule has 3 rings (SSSR count). The van der Waals surface area contributed by atoms with Crippen molar-refractivity contribution >= 4 is 5.91 Å². The van der Waals surface area contributed by atoms with Crippen molar-refractivity contribution in [3.05, 3.63) is 48.1 Å². The molecular weight excluding hydrogens is 285 g/mol. The summed E-state index contributed by atoms with van der Waals surface area (Å²) in [6.07, 6.45) is 4.57. The number of imidazole rings is 1. The predicted molar refractivity (Wildman–Crippen MR) is 78.7 cm³/mol. The molecular formula is C15H18FN5O. The first-order chi connectivity index (χ1) is 10.7. The number of nitrogens with one attached hydrogen (secondary N) is 1. The smallest absolute Gasteiger partial charge is 0.272 e. The van der Waals surface area contributed by atoms with E-state index in [1.165, 1.54) is 12.1 Å². The second-order valence-electron chi connectivity index (χ2n) is 5.23. The third-order valence-electron chi connectivity index (χ3n) is 3.97. The number of H-pyrrole nitrogens is 1. The van der Waals surface area contributed by atoms with Crippen LogP contribution in [0.15, 0.2) is 30.7 Å². The van der Waals surface area contributed by atoms with Gasteiger partial charge in [-0.2, -0.15) is 0 Å². The van der Waals surface area contributed by atoms with Gasteiger partial charge in [-0.1, -0.05) is 6.92 Å². The number of hydrogen-bond acceptors (Lipinski definition) is 4. The molecule has 1 fully saturated rings. The summed E-state index contributed by atoms with van der Waals surface area (Å²) in [6, 6.07) is 2.72. The molecule has 1 atom stereocenters. The fourth-order valence-corrected chi connectivity index (χ4v) is 2.77. The molecule has 6 nitrogen and oxygen atoms in total. The van der Waals surface area contributed by atoms with Crippen LogP contribution in [0, 0.1) is 5.82 Å². The second kappa shape index (κ2) is 6.23. The summed E-state index contributed by atoms with van der Waals surface area (Å²) in [5.41, 5.74) is 0.268. The van der Waals surface area contributed by atoms with E-state index in [0.717, 1.165) is 25.1 Å². The number of nitrogens with zero attached hydrogens (tertiary/aromatic N) is 4. The maximum atomic E-state index is 12.9. The lowest BCUT2D eigenvalue weighted by atomic mass is 10.1. The van der Waals surface area contributed by atoms with Gasteiger partial charge in [-0.15, -0.1) is 0 Å². The van der Waals surface area contributed by atoms with Crippen LogP contribution in [0.25, 0.3) is 0 Å². The maximum Gasteiger partial charge on any atom is 0.272 e. The number of hydrogen-bond donors (Lipinski definition) is 1. The molecule has 0 saturated carbocycles. The number of likely N-dealkylation sites (N-methyl/N-ethyl adjacent to an activating group) is 1. The molecule has 0 aliphatic carbocycles. The van der Waals surface area contributed by atoms with Crippen molar-refractivity contribution in [2.75, 3.05) is 26.2 Å². The number of pyridine rings is 1. The lowest BCUT2D eigenvalue weighted by Gasteiger charge is -2.39. The van der Waals surface area contributed by atoms with Crippen molar-refractivity contribution < 1.29 is 9.18 Å². The minimum Gasteiger partial charge on any atom is -0.347 e. The molecule has 2 aromatic heterocycles. The highest BCUT2D eigenvalue weighted by molar-refractivity contribution is 5.92. The van der Waals surface area contributed by atoms with E-state index < -0.39 is 5.82 Å². The molecule has 0 spiro atoms. The zero-order valence-corrected chi connectivity index (χ0v) is 12.4. The normalized spacial score (nSPS) is 19.4. The quantitative estimate of drug-likeness (QED) is 0.932. The topological polar surface area (TPSA) is 65.1 Å². The van der Waals surface area contributed by atoms with Crippen LogP contribution in [-0.4, -0.2) is 56.8 Å². The van der Waals surface area contributed by atoms with Crippen LogP contribution in [0.5, 0.6) is 0 Å². The number of carbonyl (C=O) groups excluding carboxylic acids is 1. The Morgan fingerprint density at radius 2 is 2.27 bits per heavy atom. The number of rotatable bonds is 3. The Kier molecular flexibility index (Phi) is 4.15. The first-order valence-electron chi connectivity index (χ1n) is 7.33. The minimum absolute atomic E-state index is 0.0400. The van der Waals surface area contributed by atoms with Crippen LogP contribution < -0.4 is 0 Å². The fraction of sp³-hybridized carbons (Fsp3) is 0.400. The van der Waals surface area contributed by atoms with E-state index in [1.807, 2.05) is 0 Å². The summed E-state index contributed by atoms with van der Waals surface area (Å²) in [5.74, 6) is 0.236. The zero-order valence-electron chi connectivity index (χ0n) is 12.4. The molecule has 1 N–H and O–H groups in total. The predicted octanol–water partition coefficient (Wildman–Crippen LogP) is 1.46. The molecule has 1 aliphatic rings. The Hall–Kier alpha value is -2.28. The van der Waals surface area contributed by atoms with Gasteiger partial charge in [0.05, 0.1) is 12.2 Å². The Bertz CT molecular complexity index is 628. The maximum absolute atomic E-state index is 12.9. The molecule has 2 aromatic rings. The number of amides is 1. The lowest BCUT2D eigenvalue weighted by molar-refractivity contribution is 0.0474. The average molecular weight is 303 g/mol. The SMILES string of the molecule is CCN1CCN(C(=O)c2ccc(F)cn2)CC1c1ncc[nH]1. The number of aromatic nitrogens is 3. The van der Waals surface area contributed by atoms with Crippen molar-refractivity contribution in [1.29, 1.82) is 0 Å². The molecule has 0 radical (unpaired) electrons. The summed E-state index contributed by atoms with van der Waals surface area (Å²) >= 11 is 0. The molecule has 1 aliphatic heterocycles. The van der Waals surface area contributed by atoms with E-state index in [2.05, 4.69) is 26.8 Å². The fourth-order valence-electron chi connectivity index (χ4n) is 2.77. The Labute approximate surface area is 128 Å². The summed E-state index contributed by atoms with van der Waals surface area (Å²) in [6.45, 7) is 4.92. The van der Waals surface area contributed by atoms with E-state index in [9.17, 15) is 9.18 Å². The van der Waals surface area contributed by atoms with Crippen LogP contribution in [-0.2, 0) is 0 Å². The van der Waals surface area contributed by atoms with Gasteiger partial charge in [-0.25, -0.2) is 14.4 Å². The average Bonchev–Trinajstić information content (AvgIpc) is 3.08. The molecule has 0 aromatic carbocycles. The van der Waals surface area contributed by atoms with Gasteiger partial charge in [-0.3, -0.25) is 9.69 Å². The Morgan fingerprint density at radius 3 is 2.91 bits per heavy atom. The van der Waals surface area contributed by atoms with Crippen LogP contribution in [0.3, 0.4) is 0 Å². The van der Waals surface area contributed by atoms with Crippen molar-refractivity contribution in [1.82, 2.24) is 24.8 Å². The third kappa shape index (κ3) is 2.85. The van der Waals surface area contributed by atoms with Gasteiger partial charge in [0.15, 0.2) is 0 Å². The molecule has 116 valence electrons. The zero-order chi connectivity index (χ0) is 15.5. The first kappa shape index (κ1) is 14.6. The molecule has 0 bridgehead atoms. The van der Waals surface area contributed by atoms with E-state index in [4.69, 9.17) is 0 Å². The van der Waals surface area contributed by atoms with E-state index >= 15 is 0 Å². The van der Waals surface area contributed by atoms with Gasteiger partial charge < -0.3 is 9.88 Å². The van der Waals surface area contributed by atoms with Crippen molar-refractivity contribution in [3.8, 4) is 0 Å². The minimum atomic E-state index is -0.444. The lowest BCUT2D eigenvalue weighted by Crippen LogP contribution is -2.50. The second-order valence-corrected chi connectivity index (χ2v) is 5.23. The summed E-state index contributed by atoms with van der Waals surface area (Å²) in [4.78, 5) is 27.9. The number of carbonyl (C=O) groups is 1. The van der Waals surface area contributed by atoms with E-state index in [-0.39, 0.29) is 17.6 Å². The highest BCUT2D eigenvalue weighted by atomic mass is 19.1. The number of halogens is 1.